The number of benzene rings is 2. The number of amides is 1. The molecule has 0 fully saturated rings. The number of halogens is 1. The standard InChI is InChI=1S/C21H19ClN2O2S/c1-3-26-18-11-4-15(5-12-18)6-13-19(25)23-21-24-20(14(2)27-21)16-7-9-17(22)10-8-16/h4-13H,3H2,1-2H3,(H,23,24,25). The molecule has 0 aliphatic heterocycles. The number of nitrogens with one attached hydrogen (secondary N) is 1. The molecule has 27 heavy (non-hydrogen) atoms. The smallest absolute Gasteiger partial charge is 0.250 e. The predicted octanol–water partition coefficient (Wildman–Crippen LogP) is 5.82. The van der Waals surface area contributed by atoms with E-state index in [2.05, 4.69) is 10.3 Å². The van der Waals surface area contributed by atoms with Gasteiger partial charge in [0.2, 0.25) is 5.91 Å². The van der Waals surface area contributed by atoms with Gasteiger partial charge in [0.1, 0.15) is 5.75 Å². The van der Waals surface area contributed by atoms with Crippen LogP contribution in [0.15, 0.2) is 54.6 Å². The minimum atomic E-state index is -0.222. The van der Waals surface area contributed by atoms with Crippen LogP contribution in [0.25, 0.3) is 17.3 Å². The lowest BCUT2D eigenvalue weighted by Crippen LogP contribution is -2.07. The predicted molar refractivity (Wildman–Crippen MR) is 113 cm³/mol. The Balaban J connectivity index is 1.65. The first-order chi connectivity index (χ1) is 13.0. The van der Waals surface area contributed by atoms with Crippen molar-refractivity contribution in [1.82, 2.24) is 4.98 Å². The summed E-state index contributed by atoms with van der Waals surface area (Å²) in [6.07, 6.45) is 3.25. The van der Waals surface area contributed by atoms with Crippen molar-refractivity contribution < 1.29 is 9.53 Å². The van der Waals surface area contributed by atoms with Gasteiger partial charge in [-0.15, -0.1) is 11.3 Å². The zero-order valence-electron chi connectivity index (χ0n) is 15.0. The molecule has 0 aliphatic carbocycles. The molecule has 2 aromatic carbocycles. The SMILES string of the molecule is CCOc1ccc(C=CC(=O)Nc2nc(-c3ccc(Cl)cc3)c(C)s2)cc1. The van der Waals surface area contributed by atoms with Gasteiger partial charge >= 0.3 is 0 Å². The van der Waals surface area contributed by atoms with E-state index in [1.165, 1.54) is 17.4 Å². The number of ether oxygens (including phenoxy) is 1. The summed E-state index contributed by atoms with van der Waals surface area (Å²) in [5.41, 5.74) is 2.74. The molecule has 1 N–H and O–H groups in total. The molecule has 0 saturated carbocycles. The van der Waals surface area contributed by atoms with E-state index in [9.17, 15) is 4.79 Å². The van der Waals surface area contributed by atoms with Gasteiger partial charge in [0.25, 0.3) is 0 Å². The van der Waals surface area contributed by atoms with Gasteiger partial charge in [-0.05, 0) is 49.8 Å². The number of thiazole rings is 1. The molecule has 1 amide bonds. The van der Waals surface area contributed by atoms with Gasteiger partial charge in [-0.3, -0.25) is 10.1 Å². The molecule has 0 aliphatic rings. The molecule has 3 rings (SSSR count). The molecule has 6 heteroatoms. The highest BCUT2D eigenvalue weighted by Crippen LogP contribution is 2.31. The van der Waals surface area contributed by atoms with Crippen molar-refractivity contribution >= 4 is 40.1 Å². The number of hydrogen-bond acceptors (Lipinski definition) is 4. The van der Waals surface area contributed by atoms with Gasteiger partial charge < -0.3 is 4.74 Å². The highest BCUT2D eigenvalue weighted by Gasteiger charge is 2.11. The minimum absolute atomic E-state index is 0.222. The third kappa shape index (κ3) is 5.18. The summed E-state index contributed by atoms with van der Waals surface area (Å²) in [7, 11) is 0. The molecule has 0 saturated heterocycles. The van der Waals surface area contributed by atoms with Crippen molar-refractivity contribution in [2.75, 3.05) is 11.9 Å². The molecule has 0 unspecified atom stereocenters. The van der Waals surface area contributed by atoms with E-state index in [1.54, 1.807) is 6.08 Å². The van der Waals surface area contributed by atoms with E-state index in [1.807, 2.05) is 62.4 Å². The van der Waals surface area contributed by atoms with Crippen molar-refractivity contribution in [3.8, 4) is 17.0 Å². The summed E-state index contributed by atoms with van der Waals surface area (Å²) in [6, 6.07) is 15.1. The minimum Gasteiger partial charge on any atom is -0.494 e. The number of anilines is 1. The lowest BCUT2D eigenvalue weighted by molar-refractivity contribution is -0.111. The molecular weight excluding hydrogens is 380 g/mol. The Bertz CT molecular complexity index is 947. The summed E-state index contributed by atoms with van der Waals surface area (Å²) < 4.78 is 5.40. The summed E-state index contributed by atoms with van der Waals surface area (Å²) in [4.78, 5) is 17.7. The van der Waals surface area contributed by atoms with Crippen molar-refractivity contribution in [2.45, 2.75) is 13.8 Å². The third-order valence-corrected chi connectivity index (χ3v) is 4.90. The molecule has 1 heterocycles. The lowest BCUT2D eigenvalue weighted by Gasteiger charge is -2.02. The Kier molecular flexibility index (Phi) is 6.27. The first-order valence-electron chi connectivity index (χ1n) is 8.50. The van der Waals surface area contributed by atoms with Gasteiger partial charge in [-0.25, -0.2) is 4.98 Å². The zero-order chi connectivity index (χ0) is 19.2. The van der Waals surface area contributed by atoms with Crippen LogP contribution in [-0.2, 0) is 4.79 Å². The van der Waals surface area contributed by atoms with Crippen LogP contribution in [0.5, 0.6) is 5.75 Å². The number of aryl methyl sites for hydroxylation is 1. The first-order valence-corrected chi connectivity index (χ1v) is 9.70. The second kappa shape index (κ2) is 8.84. The van der Waals surface area contributed by atoms with E-state index in [0.29, 0.717) is 16.8 Å². The summed E-state index contributed by atoms with van der Waals surface area (Å²) in [5.74, 6) is 0.590. The lowest BCUT2D eigenvalue weighted by atomic mass is 10.1. The fourth-order valence-electron chi connectivity index (χ4n) is 2.49. The highest BCUT2D eigenvalue weighted by molar-refractivity contribution is 7.16. The van der Waals surface area contributed by atoms with Gasteiger partial charge in [0.05, 0.1) is 12.3 Å². The fourth-order valence-corrected chi connectivity index (χ4v) is 3.45. The highest BCUT2D eigenvalue weighted by atomic mass is 35.5. The molecule has 0 atom stereocenters. The van der Waals surface area contributed by atoms with Crippen LogP contribution >= 0.6 is 22.9 Å². The number of carbonyl (C=O) groups is 1. The third-order valence-electron chi connectivity index (χ3n) is 3.76. The normalized spacial score (nSPS) is 10.9. The van der Waals surface area contributed by atoms with Crippen molar-refractivity contribution in [3.63, 3.8) is 0 Å². The molecule has 0 radical (unpaired) electrons. The molecule has 138 valence electrons. The van der Waals surface area contributed by atoms with Crippen molar-refractivity contribution in [3.05, 3.63) is 70.1 Å². The van der Waals surface area contributed by atoms with Gasteiger partial charge in [0.15, 0.2) is 5.13 Å². The van der Waals surface area contributed by atoms with Crippen LogP contribution in [0, 0.1) is 6.92 Å². The maximum absolute atomic E-state index is 12.2. The number of hydrogen-bond donors (Lipinski definition) is 1. The molecule has 0 spiro atoms. The largest absolute Gasteiger partial charge is 0.494 e. The Labute approximate surface area is 167 Å². The van der Waals surface area contributed by atoms with Gasteiger partial charge in [-0.2, -0.15) is 0 Å². The Morgan fingerprint density at radius 3 is 2.56 bits per heavy atom. The van der Waals surface area contributed by atoms with E-state index >= 15 is 0 Å². The van der Waals surface area contributed by atoms with E-state index < -0.39 is 0 Å². The van der Waals surface area contributed by atoms with Crippen LogP contribution in [-0.4, -0.2) is 17.5 Å². The maximum atomic E-state index is 12.2. The van der Waals surface area contributed by atoms with Crippen molar-refractivity contribution in [2.24, 2.45) is 0 Å². The topological polar surface area (TPSA) is 51.2 Å². The van der Waals surface area contributed by atoms with E-state index in [0.717, 1.165) is 27.4 Å². The number of aromatic nitrogens is 1. The second-order valence-corrected chi connectivity index (χ2v) is 7.39. The molecule has 0 bridgehead atoms. The average Bonchev–Trinajstić information content (AvgIpc) is 3.02. The average molecular weight is 399 g/mol. The van der Waals surface area contributed by atoms with E-state index in [4.69, 9.17) is 16.3 Å². The van der Waals surface area contributed by atoms with Crippen LogP contribution < -0.4 is 10.1 Å². The molecular formula is C21H19ClN2O2S. The second-order valence-electron chi connectivity index (χ2n) is 5.76. The Hall–Kier alpha value is -2.63. The Morgan fingerprint density at radius 1 is 1.19 bits per heavy atom. The monoisotopic (exact) mass is 398 g/mol. The molecule has 1 aromatic heterocycles. The Morgan fingerprint density at radius 2 is 1.89 bits per heavy atom. The van der Waals surface area contributed by atoms with Gasteiger partial charge in [0, 0.05) is 21.5 Å². The molecule has 4 nitrogen and oxygen atoms in total. The number of carbonyl (C=O) groups excluding carboxylic acids is 1. The van der Waals surface area contributed by atoms with Crippen LogP contribution in [0.1, 0.15) is 17.4 Å². The van der Waals surface area contributed by atoms with Gasteiger partial charge in [-0.1, -0.05) is 35.9 Å². The van der Waals surface area contributed by atoms with E-state index in [-0.39, 0.29) is 5.91 Å². The van der Waals surface area contributed by atoms with Crippen LogP contribution in [0.3, 0.4) is 0 Å². The fraction of sp³-hybridized carbons (Fsp3) is 0.143. The summed E-state index contributed by atoms with van der Waals surface area (Å²) in [5, 5.41) is 4.07. The molecule has 3 aromatic rings. The van der Waals surface area contributed by atoms with Crippen LogP contribution in [0.2, 0.25) is 5.02 Å². The van der Waals surface area contributed by atoms with Crippen molar-refractivity contribution in [1.29, 1.82) is 0 Å². The quantitative estimate of drug-likeness (QED) is 0.532. The van der Waals surface area contributed by atoms with Crippen LogP contribution in [0.4, 0.5) is 5.13 Å². The summed E-state index contributed by atoms with van der Waals surface area (Å²) >= 11 is 7.38. The zero-order valence-corrected chi connectivity index (χ0v) is 16.6. The first kappa shape index (κ1) is 19.1. The number of rotatable bonds is 6. The number of nitrogens with zero attached hydrogens (tertiary/aromatic N) is 1. The summed E-state index contributed by atoms with van der Waals surface area (Å²) in [6.45, 7) is 4.55. The maximum Gasteiger partial charge on any atom is 0.250 e.